The fourth-order valence-electron chi connectivity index (χ4n) is 1.21. The van der Waals surface area contributed by atoms with E-state index in [1.165, 1.54) is 0 Å². The zero-order valence-electron chi connectivity index (χ0n) is 9.99. The standard InChI is InChI=1S/C10H17N5O2/c1-3-17-9(16)4-5-13-8-6-7(12-2)14-10(11)15-8/h6H,3-5H2,1-2H3,(H4,11,12,13,14,15). The van der Waals surface area contributed by atoms with E-state index in [2.05, 4.69) is 20.6 Å². The summed E-state index contributed by atoms with van der Waals surface area (Å²) >= 11 is 0. The number of nitrogens with zero attached hydrogens (tertiary/aromatic N) is 2. The molecular formula is C10H17N5O2. The minimum atomic E-state index is -0.240. The molecule has 0 spiro atoms. The van der Waals surface area contributed by atoms with Gasteiger partial charge in [-0.1, -0.05) is 0 Å². The maximum absolute atomic E-state index is 11.1. The van der Waals surface area contributed by atoms with Crippen LogP contribution in [0.1, 0.15) is 13.3 Å². The first kappa shape index (κ1) is 13.0. The number of nitrogen functional groups attached to an aromatic ring is 1. The summed E-state index contributed by atoms with van der Waals surface area (Å²) in [5, 5.41) is 5.84. The Morgan fingerprint density at radius 1 is 1.47 bits per heavy atom. The minimum Gasteiger partial charge on any atom is -0.466 e. The number of nitrogens with two attached hydrogens (primary N) is 1. The Morgan fingerprint density at radius 2 is 2.18 bits per heavy atom. The summed E-state index contributed by atoms with van der Waals surface area (Å²) in [5.41, 5.74) is 5.52. The van der Waals surface area contributed by atoms with Crippen molar-refractivity contribution >= 4 is 23.6 Å². The van der Waals surface area contributed by atoms with Gasteiger partial charge in [-0.3, -0.25) is 4.79 Å². The average molecular weight is 239 g/mol. The van der Waals surface area contributed by atoms with Crippen molar-refractivity contribution < 1.29 is 9.53 Å². The van der Waals surface area contributed by atoms with Crippen molar-refractivity contribution in [2.75, 3.05) is 36.6 Å². The molecule has 0 bridgehead atoms. The first-order valence-corrected chi connectivity index (χ1v) is 5.37. The third kappa shape index (κ3) is 4.54. The molecule has 0 atom stereocenters. The van der Waals surface area contributed by atoms with Crippen LogP contribution in [-0.2, 0) is 9.53 Å². The number of ether oxygens (including phenoxy) is 1. The van der Waals surface area contributed by atoms with Crippen molar-refractivity contribution in [2.24, 2.45) is 0 Å². The van der Waals surface area contributed by atoms with Crippen molar-refractivity contribution in [1.82, 2.24) is 9.97 Å². The van der Waals surface area contributed by atoms with Gasteiger partial charge in [-0.2, -0.15) is 9.97 Å². The minimum absolute atomic E-state index is 0.176. The van der Waals surface area contributed by atoms with Gasteiger partial charge in [0, 0.05) is 19.7 Å². The van der Waals surface area contributed by atoms with Crippen LogP contribution >= 0.6 is 0 Å². The van der Waals surface area contributed by atoms with Crippen LogP contribution < -0.4 is 16.4 Å². The van der Waals surface area contributed by atoms with Gasteiger partial charge in [0.05, 0.1) is 13.0 Å². The predicted octanol–water partition coefficient (Wildman–Crippen LogP) is 0.466. The molecule has 0 radical (unpaired) electrons. The van der Waals surface area contributed by atoms with E-state index in [1.807, 2.05) is 0 Å². The van der Waals surface area contributed by atoms with Crippen LogP contribution in [-0.4, -0.2) is 36.1 Å². The lowest BCUT2D eigenvalue weighted by Gasteiger charge is -2.07. The predicted molar refractivity (Wildman–Crippen MR) is 65.7 cm³/mol. The van der Waals surface area contributed by atoms with Gasteiger partial charge in [0.2, 0.25) is 5.95 Å². The summed E-state index contributed by atoms with van der Waals surface area (Å²) in [4.78, 5) is 19.0. The normalized spacial score (nSPS) is 9.76. The lowest BCUT2D eigenvalue weighted by Crippen LogP contribution is -2.13. The van der Waals surface area contributed by atoms with Crippen molar-refractivity contribution in [3.8, 4) is 0 Å². The number of rotatable bonds is 6. The third-order valence-corrected chi connectivity index (χ3v) is 1.94. The molecule has 17 heavy (non-hydrogen) atoms. The molecule has 0 saturated heterocycles. The molecule has 0 fully saturated rings. The molecule has 1 aromatic rings. The van der Waals surface area contributed by atoms with Gasteiger partial charge in [-0.05, 0) is 6.92 Å². The van der Waals surface area contributed by atoms with Crippen LogP contribution in [0.25, 0.3) is 0 Å². The third-order valence-electron chi connectivity index (χ3n) is 1.94. The maximum atomic E-state index is 11.1. The lowest BCUT2D eigenvalue weighted by atomic mass is 10.4. The van der Waals surface area contributed by atoms with E-state index in [-0.39, 0.29) is 18.3 Å². The average Bonchev–Trinajstić information content (AvgIpc) is 2.28. The molecule has 1 rings (SSSR count). The Morgan fingerprint density at radius 3 is 2.82 bits per heavy atom. The molecule has 0 aromatic carbocycles. The second-order valence-corrected chi connectivity index (χ2v) is 3.23. The summed E-state index contributed by atoms with van der Waals surface area (Å²) in [6.07, 6.45) is 0.284. The van der Waals surface area contributed by atoms with E-state index in [0.29, 0.717) is 24.8 Å². The number of hydrogen-bond acceptors (Lipinski definition) is 7. The summed E-state index contributed by atoms with van der Waals surface area (Å²) in [5.74, 6) is 1.13. The number of esters is 1. The van der Waals surface area contributed by atoms with Gasteiger partial charge in [0.1, 0.15) is 11.6 Å². The topological polar surface area (TPSA) is 102 Å². The molecule has 0 amide bonds. The number of anilines is 3. The van der Waals surface area contributed by atoms with E-state index < -0.39 is 0 Å². The highest BCUT2D eigenvalue weighted by molar-refractivity contribution is 5.70. The molecule has 0 aliphatic heterocycles. The maximum Gasteiger partial charge on any atom is 0.307 e. The fraction of sp³-hybridized carbons (Fsp3) is 0.500. The highest BCUT2D eigenvalue weighted by atomic mass is 16.5. The van der Waals surface area contributed by atoms with E-state index in [0.717, 1.165) is 0 Å². The highest BCUT2D eigenvalue weighted by Gasteiger charge is 2.03. The van der Waals surface area contributed by atoms with Crippen LogP contribution in [0.3, 0.4) is 0 Å². The largest absolute Gasteiger partial charge is 0.466 e. The Bertz CT molecular complexity index is 383. The Labute approximate surface area is 99.8 Å². The summed E-state index contributed by atoms with van der Waals surface area (Å²) in [6.45, 7) is 2.61. The first-order chi connectivity index (χ1) is 8.15. The number of aromatic nitrogens is 2. The fourth-order valence-corrected chi connectivity index (χ4v) is 1.21. The Balaban J connectivity index is 2.46. The van der Waals surface area contributed by atoms with Crippen LogP contribution in [0.15, 0.2) is 6.07 Å². The van der Waals surface area contributed by atoms with Gasteiger partial charge >= 0.3 is 5.97 Å². The molecule has 0 saturated carbocycles. The van der Waals surface area contributed by atoms with Gasteiger partial charge in [0.15, 0.2) is 0 Å². The van der Waals surface area contributed by atoms with E-state index in [9.17, 15) is 4.79 Å². The number of nitrogens with one attached hydrogen (secondary N) is 2. The van der Waals surface area contributed by atoms with Crippen molar-refractivity contribution in [1.29, 1.82) is 0 Å². The van der Waals surface area contributed by atoms with Crippen LogP contribution in [0.5, 0.6) is 0 Å². The summed E-state index contributed by atoms with van der Waals surface area (Å²) in [7, 11) is 1.74. The van der Waals surface area contributed by atoms with Crippen molar-refractivity contribution in [3.63, 3.8) is 0 Å². The molecule has 4 N–H and O–H groups in total. The second kappa shape index (κ2) is 6.51. The van der Waals surface area contributed by atoms with E-state index in [1.54, 1.807) is 20.0 Å². The van der Waals surface area contributed by atoms with Crippen LogP contribution in [0.4, 0.5) is 17.6 Å². The number of carbonyl (C=O) groups excluding carboxylic acids is 1. The number of hydrogen-bond donors (Lipinski definition) is 3. The SMILES string of the molecule is CCOC(=O)CCNc1cc(NC)nc(N)n1. The van der Waals surface area contributed by atoms with Crippen molar-refractivity contribution in [3.05, 3.63) is 6.07 Å². The molecule has 1 heterocycles. The quantitative estimate of drug-likeness (QED) is 0.620. The zero-order chi connectivity index (χ0) is 12.7. The van der Waals surface area contributed by atoms with E-state index >= 15 is 0 Å². The molecule has 0 unspecified atom stereocenters. The molecule has 0 aliphatic rings. The highest BCUT2D eigenvalue weighted by Crippen LogP contribution is 2.11. The number of carbonyl (C=O) groups is 1. The van der Waals surface area contributed by atoms with Gasteiger partial charge in [-0.15, -0.1) is 0 Å². The molecule has 7 heteroatoms. The van der Waals surface area contributed by atoms with Gasteiger partial charge in [-0.25, -0.2) is 0 Å². The van der Waals surface area contributed by atoms with Gasteiger partial charge < -0.3 is 21.1 Å². The Hall–Kier alpha value is -2.05. The lowest BCUT2D eigenvalue weighted by molar-refractivity contribution is -0.142. The molecular weight excluding hydrogens is 222 g/mol. The van der Waals surface area contributed by atoms with E-state index in [4.69, 9.17) is 10.5 Å². The van der Waals surface area contributed by atoms with Crippen LogP contribution in [0, 0.1) is 0 Å². The Kier molecular flexibility index (Phi) is 4.99. The molecule has 1 aromatic heterocycles. The van der Waals surface area contributed by atoms with Crippen molar-refractivity contribution in [2.45, 2.75) is 13.3 Å². The molecule has 7 nitrogen and oxygen atoms in total. The molecule has 94 valence electrons. The smallest absolute Gasteiger partial charge is 0.307 e. The first-order valence-electron chi connectivity index (χ1n) is 5.37. The molecule has 0 aliphatic carbocycles. The monoisotopic (exact) mass is 239 g/mol. The second-order valence-electron chi connectivity index (χ2n) is 3.23. The zero-order valence-corrected chi connectivity index (χ0v) is 9.99. The summed E-state index contributed by atoms with van der Waals surface area (Å²) in [6, 6.07) is 1.71. The van der Waals surface area contributed by atoms with Gasteiger partial charge in [0.25, 0.3) is 0 Å². The van der Waals surface area contributed by atoms with Crippen LogP contribution in [0.2, 0.25) is 0 Å². The summed E-state index contributed by atoms with van der Waals surface area (Å²) < 4.78 is 4.80.